The minimum Gasteiger partial charge on any atom is -0.435 e. The van der Waals surface area contributed by atoms with E-state index in [1.165, 1.54) is 12.4 Å². The van der Waals surface area contributed by atoms with Gasteiger partial charge in [-0.2, -0.15) is 0 Å². The molecule has 0 bridgehead atoms. The first kappa shape index (κ1) is 10.5. The van der Waals surface area contributed by atoms with E-state index in [2.05, 4.69) is 15.0 Å². The van der Waals surface area contributed by atoms with E-state index in [1.807, 2.05) is 30.3 Å². The van der Waals surface area contributed by atoms with E-state index < -0.39 is 0 Å². The van der Waals surface area contributed by atoms with Gasteiger partial charge < -0.3 is 10.5 Å². The second kappa shape index (κ2) is 4.29. The summed E-state index contributed by atoms with van der Waals surface area (Å²) in [6.07, 6.45) is 4.66. The van der Waals surface area contributed by atoms with E-state index in [4.69, 9.17) is 10.5 Å². The highest BCUT2D eigenvalue weighted by Gasteiger charge is 2.05. The average Bonchev–Trinajstić information content (AvgIpc) is 2.42. The highest BCUT2D eigenvalue weighted by atomic mass is 16.5. The van der Waals surface area contributed by atoms with Gasteiger partial charge in [-0.05, 0) is 12.1 Å². The summed E-state index contributed by atoms with van der Waals surface area (Å²) in [4.78, 5) is 12.3. The van der Waals surface area contributed by atoms with Crippen LogP contribution in [0.2, 0.25) is 0 Å². The third kappa shape index (κ3) is 1.93. The lowest BCUT2D eigenvalue weighted by Crippen LogP contribution is -1.94. The number of anilines is 1. The molecule has 0 unspecified atom stereocenters. The molecule has 0 atom stereocenters. The Morgan fingerprint density at radius 1 is 0.944 bits per heavy atom. The predicted octanol–water partition coefficient (Wildman–Crippen LogP) is 2.40. The Bertz CT molecular complexity index is 677. The normalized spacial score (nSPS) is 10.4. The third-order valence-corrected chi connectivity index (χ3v) is 2.46. The van der Waals surface area contributed by atoms with Crippen LogP contribution in [0.25, 0.3) is 10.9 Å². The van der Waals surface area contributed by atoms with Crippen LogP contribution in [0.5, 0.6) is 11.6 Å². The Morgan fingerprint density at radius 2 is 1.83 bits per heavy atom. The summed E-state index contributed by atoms with van der Waals surface area (Å²) in [6.45, 7) is 0. The number of ether oxygens (including phenoxy) is 1. The molecular weight excluding hydrogens is 228 g/mol. The molecule has 0 amide bonds. The van der Waals surface area contributed by atoms with Gasteiger partial charge in [0.15, 0.2) is 5.75 Å². The maximum atomic E-state index is 5.65. The van der Waals surface area contributed by atoms with Crippen molar-refractivity contribution in [1.29, 1.82) is 0 Å². The van der Waals surface area contributed by atoms with Gasteiger partial charge >= 0.3 is 0 Å². The van der Waals surface area contributed by atoms with Crippen molar-refractivity contribution in [1.82, 2.24) is 15.0 Å². The summed E-state index contributed by atoms with van der Waals surface area (Å²) in [5, 5.41) is 1.01. The predicted molar refractivity (Wildman–Crippen MR) is 68.3 cm³/mol. The first-order chi connectivity index (χ1) is 8.83. The fraction of sp³-hybridized carbons (Fsp3) is 0. The van der Waals surface area contributed by atoms with E-state index in [0.717, 1.165) is 10.9 Å². The molecule has 0 spiro atoms. The monoisotopic (exact) mass is 238 g/mol. The Balaban J connectivity index is 2.02. The van der Waals surface area contributed by atoms with Crippen molar-refractivity contribution in [2.75, 3.05) is 5.73 Å². The van der Waals surface area contributed by atoms with Gasteiger partial charge in [0.05, 0.1) is 12.4 Å². The molecule has 3 aromatic rings. The van der Waals surface area contributed by atoms with E-state index >= 15 is 0 Å². The van der Waals surface area contributed by atoms with Crippen LogP contribution in [0.1, 0.15) is 0 Å². The molecule has 0 aliphatic carbocycles. The van der Waals surface area contributed by atoms with Gasteiger partial charge in [-0.1, -0.05) is 18.2 Å². The van der Waals surface area contributed by atoms with Crippen LogP contribution >= 0.6 is 0 Å². The van der Waals surface area contributed by atoms with Crippen molar-refractivity contribution in [2.24, 2.45) is 0 Å². The van der Waals surface area contributed by atoms with Crippen molar-refractivity contribution in [3.05, 3.63) is 48.9 Å². The second-order valence-corrected chi connectivity index (χ2v) is 3.71. The summed E-state index contributed by atoms with van der Waals surface area (Å²) in [7, 11) is 0. The minimum absolute atomic E-state index is 0.360. The minimum atomic E-state index is 0.360. The van der Waals surface area contributed by atoms with Crippen LogP contribution in [-0.2, 0) is 0 Å². The molecule has 5 nitrogen and oxygen atoms in total. The smallest absolute Gasteiger partial charge is 0.238 e. The van der Waals surface area contributed by atoms with Gasteiger partial charge in [-0.15, -0.1) is 0 Å². The van der Waals surface area contributed by atoms with Gasteiger partial charge in [0.1, 0.15) is 11.3 Å². The Hall–Kier alpha value is -2.69. The number of nitrogen functional groups attached to an aromatic ring is 1. The first-order valence-corrected chi connectivity index (χ1v) is 5.42. The summed E-state index contributed by atoms with van der Waals surface area (Å²) in [6, 6.07) is 9.58. The van der Waals surface area contributed by atoms with Gasteiger partial charge in [-0.3, -0.25) is 4.98 Å². The van der Waals surface area contributed by atoms with Gasteiger partial charge in [-0.25, -0.2) is 9.97 Å². The summed E-state index contributed by atoms with van der Waals surface area (Å²) < 4.78 is 5.65. The number of nitrogens with two attached hydrogens (primary N) is 1. The third-order valence-electron chi connectivity index (χ3n) is 2.46. The molecule has 2 aromatic heterocycles. The number of pyridine rings is 1. The lowest BCUT2D eigenvalue weighted by Gasteiger charge is -2.06. The molecule has 0 fully saturated rings. The number of hydrogen-bond donors (Lipinski definition) is 1. The average molecular weight is 238 g/mol. The zero-order chi connectivity index (χ0) is 12.4. The quantitative estimate of drug-likeness (QED) is 0.742. The van der Waals surface area contributed by atoms with E-state index in [0.29, 0.717) is 17.4 Å². The number of para-hydroxylation sites is 1. The largest absolute Gasteiger partial charge is 0.435 e. The molecule has 5 heteroatoms. The standard InChI is InChI=1S/C13H10N4O/c14-11-7-17-12(8-16-11)18-10-5-1-3-9-4-2-6-15-13(9)10/h1-8H,(H2,14,16). The second-order valence-electron chi connectivity index (χ2n) is 3.71. The highest BCUT2D eigenvalue weighted by Crippen LogP contribution is 2.26. The van der Waals surface area contributed by atoms with Crippen molar-refractivity contribution in [3.63, 3.8) is 0 Å². The lowest BCUT2D eigenvalue weighted by atomic mass is 10.2. The molecule has 0 radical (unpaired) electrons. The molecule has 2 N–H and O–H groups in total. The molecule has 18 heavy (non-hydrogen) atoms. The van der Waals surface area contributed by atoms with Gasteiger partial charge in [0.2, 0.25) is 5.88 Å². The molecule has 0 aliphatic heterocycles. The lowest BCUT2D eigenvalue weighted by molar-refractivity contribution is 0.464. The molecule has 0 aliphatic rings. The fourth-order valence-electron chi connectivity index (χ4n) is 1.65. The summed E-state index contributed by atoms with van der Waals surface area (Å²) >= 11 is 0. The number of fused-ring (bicyclic) bond motifs is 1. The summed E-state index contributed by atoms with van der Waals surface area (Å²) in [5.41, 5.74) is 6.26. The van der Waals surface area contributed by atoms with E-state index in [1.54, 1.807) is 6.20 Å². The van der Waals surface area contributed by atoms with Crippen LogP contribution in [0.3, 0.4) is 0 Å². The molecule has 2 heterocycles. The van der Waals surface area contributed by atoms with E-state index in [9.17, 15) is 0 Å². The molecule has 0 saturated carbocycles. The van der Waals surface area contributed by atoms with Crippen LogP contribution in [0.15, 0.2) is 48.9 Å². The van der Waals surface area contributed by atoms with Crippen molar-refractivity contribution in [3.8, 4) is 11.6 Å². The van der Waals surface area contributed by atoms with Gasteiger partial charge in [0, 0.05) is 11.6 Å². The molecular formula is C13H10N4O. The first-order valence-electron chi connectivity index (χ1n) is 5.42. The van der Waals surface area contributed by atoms with E-state index in [-0.39, 0.29) is 0 Å². The zero-order valence-electron chi connectivity index (χ0n) is 9.45. The highest BCUT2D eigenvalue weighted by molar-refractivity contribution is 5.84. The Labute approximate surface area is 103 Å². The topological polar surface area (TPSA) is 73.9 Å². The van der Waals surface area contributed by atoms with Crippen LogP contribution < -0.4 is 10.5 Å². The SMILES string of the molecule is Nc1cnc(Oc2cccc3cccnc23)cn1. The van der Waals surface area contributed by atoms with Crippen molar-refractivity contribution in [2.45, 2.75) is 0 Å². The van der Waals surface area contributed by atoms with Crippen molar-refractivity contribution < 1.29 is 4.74 Å². The molecule has 3 rings (SSSR count). The number of nitrogens with zero attached hydrogens (tertiary/aromatic N) is 3. The Morgan fingerprint density at radius 3 is 2.67 bits per heavy atom. The van der Waals surface area contributed by atoms with Crippen LogP contribution in [0, 0.1) is 0 Å². The summed E-state index contributed by atoms with van der Waals surface area (Å²) in [5.74, 6) is 1.40. The number of aromatic nitrogens is 3. The number of rotatable bonds is 2. The van der Waals surface area contributed by atoms with Crippen molar-refractivity contribution >= 4 is 16.7 Å². The Kier molecular flexibility index (Phi) is 2.49. The maximum Gasteiger partial charge on any atom is 0.238 e. The number of hydrogen-bond acceptors (Lipinski definition) is 5. The molecule has 1 aromatic carbocycles. The number of benzene rings is 1. The fourth-order valence-corrected chi connectivity index (χ4v) is 1.65. The molecule has 88 valence electrons. The van der Waals surface area contributed by atoms with Gasteiger partial charge in [0.25, 0.3) is 0 Å². The zero-order valence-corrected chi connectivity index (χ0v) is 9.45. The molecule has 0 saturated heterocycles. The van der Waals surface area contributed by atoms with Crippen LogP contribution in [0.4, 0.5) is 5.82 Å². The maximum absolute atomic E-state index is 5.65. The van der Waals surface area contributed by atoms with Crippen LogP contribution in [-0.4, -0.2) is 15.0 Å².